The lowest BCUT2D eigenvalue weighted by molar-refractivity contribution is -0.130. The van der Waals surface area contributed by atoms with Gasteiger partial charge in [-0.1, -0.05) is 18.7 Å². The first kappa shape index (κ1) is 22.3. The van der Waals surface area contributed by atoms with E-state index >= 15 is 0 Å². The van der Waals surface area contributed by atoms with Crippen LogP contribution >= 0.6 is 0 Å². The molecule has 0 saturated carbocycles. The molecule has 2 atom stereocenters. The molecule has 162 valence electrons. The molecular weight excluding hydrogens is 399 g/mol. The number of nitrogens with zero attached hydrogens (tertiary/aromatic N) is 2. The highest BCUT2D eigenvalue weighted by molar-refractivity contribution is 5.87. The molecule has 1 heterocycles. The van der Waals surface area contributed by atoms with Crippen molar-refractivity contribution in [2.75, 3.05) is 26.2 Å². The number of amides is 1. The minimum atomic E-state index is -1.02. The Bertz CT molecular complexity index is 961. The molecule has 0 spiro atoms. The van der Waals surface area contributed by atoms with E-state index in [-0.39, 0.29) is 17.5 Å². The standard InChI is InChI=1S/C24H25FN2O4/c1-4-23(28)27-12-11-26(14-17(27)3)15-22(19-6-5-16(2)21(25)13-19)31-20-9-7-18(8-10-20)24(29)30/h4,7-10,13,17,22H,1,11-12,14-15H2,2-3H3,(H,29,30)/t17-,22+/m1/s1. The van der Waals surface area contributed by atoms with E-state index in [0.717, 1.165) is 0 Å². The summed E-state index contributed by atoms with van der Waals surface area (Å²) in [4.78, 5) is 27.0. The molecule has 7 heteroatoms. The number of carboxylic acid groups (broad SMARTS) is 1. The summed E-state index contributed by atoms with van der Waals surface area (Å²) in [7, 11) is 0. The molecule has 1 fully saturated rings. The maximum absolute atomic E-state index is 14.2. The van der Waals surface area contributed by atoms with Crippen molar-refractivity contribution in [3.05, 3.63) is 77.6 Å². The molecule has 1 N–H and O–H groups in total. The maximum atomic E-state index is 14.2. The quantitative estimate of drug-likeness (QED) is 0.691. The van der Waals surface area contributed by atoms with Gasteiger partial charge in [0.2, 0.25) is 5.91 Å². The van der Waals surface area contributed by atoms with Crippen LogP contribution in [0.5, 0.6) is 5.75 Å². The zero-order valence-corrected chi connectivity index (χ0v) is 17.6. The Balaban J connectivity index is 1.79. The van der Waals surface area contributed by atoms with Gasteiger partial charge >= 0.3 is 5.97 Å². The van der Waals surface area contributed by atoms with Crippen molar-refractivity contribution in [1.29, 1.82) is 0 Å². The van der Waals surface area contributed by atoms with Crippen molar-refractivity contribution in [3.63, 3.8) is 0 Å². The van der Waals surface area contributed by atoms with E-state index in [1.165, 1.54) is 24.3 Å². The Morgan fingerprint density at radius 3 is 2.61 bits per heavy atom. The van der Waals surface area contributed by atoms with Crippen molar-refractivity contribution < 1.29 is 23.8 Å². The van der Waals surface area contributed by atoms with Crippen molar-refractivity contribution in [2.24, 2.45) is 0 Å². The summed E-state index contributed by atoms with van der Waals surface area (Å²) < 4.78 is 20.3. The third-order valence-corrected chi connectivity index (χ3v) is 5.35. The average Bonchev–Trinajstić information content (AvgIpc) is 2.75. The fourth-order valence-electron chi connectivity index (χ4n) is 3.60. The zero-order valence-electron chi connectivity index (χ0n) is 17.6. The van der Waals surface area contributed by atoms with Crippen molar-refractivity contribution in [1.82, 2.24) is 9.80 Å². The molecule has 2 aromatic carbocycles. The highest BCUT2D eigenvalue weighted by Gasteiger charge is 2.28. The van der Waals surface area contributed by atoms with Crippen molar-refractivity contribution in [2.45, 2.75) is 26.0 Å². The average molecular weight is 424 g/mol. The minimum absolute atomic E-state index is 0.0000427. The third-order valence-electron chi connectivity index (χ3n) is 5.35. The second kappa shape index (κ2) is 9.63. The minimum Gasteiger partial charge on any atom is -0.484 e. The molecule has 0 aliphatic carbocycles. The van der Waals surface area contributed by atoms with Gasteiger partial charge in [-0.25, -0.2) is 9.18 Å². The summed E-state index contributed by atoms with van der Waals surface area (Å²) in [5, 5.41) is 9.08. The lowest BCUT2D eigenvalue weighted by Gasteiger charge is -2.40. The van der Waals surface area contributed by atoms with Crippen LogP contribution in [-0.2, 0) is 4.79 Å². The highest BCUT2D eigenvalue weighted by Crippen LogP contribution is 2.25. The Hall–Kier alpha value is -3.37. The number of carbonyl (C=O) groups excluding carboxylic acids is 1. The molecule has 0 unspecified atom stereocenters. The summed E-state index contributed by atoms with van der Waals surface area (Å²) in [6, 6.07) is 13.2. The zero-order chi connectivity index (χ0) is 22.5. The molecule has 1 aliphatic heterocycles. The van der Waals surface area contributed by atoms with Crippen LogP contribution < -0.4 is 4.74 Å². The van der Waals surface area contributed by atoms with Crippen LogP contribution in [0.2, 0.25) is 0 Å². The van der Waals surface area contributed by atoms with Gasteiger partial charge < -0.3 is 14.7 Å². The summed E-state index contributed by atoms with van der Waals surface area (Å²) in [5.74, 6) is -1.04. The number of hydrogen-bond acceptors (Lipinski definition) is 4. The third kappa shape index (κ3) is 5.41. The fraction of sp³-hybridized carbons (Fsp3) is 0.333. The molecule has 2 aromatic rings. The lowest BCUT2D eigenvalue weighted by Crippen LogP contribution is -2.54. The number of rotatable bonds is 7. The number of hydrogen-bond donors (Lipinski definition) is 1. The molecule has 1 saturated heterocycles. The van der Waals surface area contributed by atoms with E-state index in [1.54, 1.807) is 24.0 Å². The number of carboxylic acids is 1. The Labute approximate surface area is 181 Å². The molecule has 6 nitrogen and oxygen atoms in total. The van der Waals surface area contributed by atoms with Crippen LogP contribution in [0, 0.1) is 24.9 Å². The predicted molar refractivity (Wildman–Crippen MR) is 113 cm³/mol. The van der Waals surface area contributed by atoms with E-state index in [1.807, 2.05) is 6.92 Å². The fourth-order valence-corrected chi connectivity index (χ4v) is 3.60. The monoisotopic (exact) mass is 424 g/mol. The second-order valence-electron chi connectivity index (χ2n) is 7.60. The summed E-state index contributed by atoms with van der Waals surface area (Å²) in [6.45, 7) is 9.43. The number of halogens is 1. The molecule has 1 amide bonds. The second-order valence-corrected chi connectivity index (χ2v) is 7.60. The Kier molecular flexibility index (Phi) is 6.93. The van der Waals surface area contributed by atoms with E-state index in [4.69, 9.17) is 9.84 Å². The number of piperazine rings is 1. The van der Waals surface area contributed by atoms with Gasteiger partial charge in [-0.15, -0.1) is 0 Å². The predicted octanol–water partition coefficient (Wildman–Crippen LogP) is 3.27. The SMILES string of the molecule is C=CC(=O)N1CCN(C[C@H](Oc2ccc(C(=O)O)cc2)c2c#cc(C)c(F)c2)C[C@H]1C. The first-order valence-corrected chi connectivity index (χ1v) is 10.0. The Morgan fingerprint density at radius 2 is 2.03 bits per heavy atom. The number of aromatic carboxylic acids is 1. The first-order valence-electron chi connectivity index (χ1n) is 10.0. The van der Waals surface area contributed by atoms with Crippen LogP contribution in [0.25, 0.3) is 0 Å². The molecule has 31 heavy (non-hydrogen) atoms. The van der Waals surface area contributed by atoms with Crippen molar-refractivity contribution >= 4 is 11.9 Å². The van der Waals surface area contributed by atoms with Gasteiger partial charge in [-0.05, 0) is 50.3 Å². The van der Waals surface area contributed by atoms with Crippen LogP contribution in [0.4, 0.5) is 4.39 Å². The summed E-state index contributed by atoms with van der Waals surface area (Å²) >= 11 is 0. The first-order chi connectivity index (χ1) is 14.8. The van der Waals surface area contributed by atoms with Gasteiger partial charge in [0.05, 0.1) is 5.56 Å². The van der Waals surface area contributed by atoms with E-state index in [2.05, 4.69) is 23.6 Å². The van der Waals surface area contributed by atoms with E-state index < -0.39 is 17.9 Å². The van der Waals surface area contributed by atoms with Gasteiger partial charge in [0.1, 0.15) is 17.7 Å². The number of carbonyl (C=O) groups is 2. The largest absolute Gasteiger partial charge is 0.484 e. The number of benzene rings is 1. The summed E-state index contributed by atoms with van der Waals surface area (Å²) in [6.07, 6.45) is 0.773. The highest BCUT2D eigenvalue weighted by atomic mass is 19.1. The van der Waals surface area contributed by atoms with Gasteiger partial charge in [-0.2, -0.15) is 0 Å². The van der Waals surface area contributed by atoms with Crippen LogP contribution in [0.3, 0.4) is 0 Å². The number of ether oxygens (including phenoxy) is 1. The van der Waals surface area contributed by atoms with E-state index in [0.29, 0.717) is 43.1 Å². The van der Waals surface area contributed by atoms with E-state index in [9.17, 15) is 14.0 Å². The molecule has 0 bridgehead atoms. The molecule has 0 aromatic heterocycles. The van der Waals surface area contributed by atoms with Crippen LogP contribution in [0.15, 0.2) is 43.0 Å². The molecule has 1 aliphatic rings. The van der Waals surface area contributed by atoms with Gasteiger partial charge in [0.25, 0.3) is 0 Å². The van der Waals surface area contributed by atoms with Crippen LogP contribution in [-0.4, -0.2) is 59.0 Å². The van der Waals surface area contributed by atoms with Gasteiger partial charge in [0.15, 0.2) is 0 Å². The van der Waals surface area contributed by atoms with Crippen LogP contribution in [0.1, 0.15) is 34.5 Å². The smallest absolute Gasteiger partial charge is 0.335 e. The summed E-state index contributed by atoms with van der Waals surface area (Å²) in [5.41, 5.74) is 1.04. The molecule has 0 radical (unpaired) electrons. The normalized spacial score (nSPS) is 17.5. The maximum Gasteiger partial charge on any atom is 0.335 e. The molecule has 3 rings (SSSR count). The Morgan fingerprint density at radius 1 is 1.32 bits per heavy atom. The van der Waals surface area contributed by atoms with Crippen molar-refractivity contribution in [3.8, 4) is 5.75 Å². The lowest BCUT2D eigenvalue weighted by atomic mass is 10.1. The molecular formula is C24H25FN2O4. The van der Waals surface area contributed by atoms with Gasteiger partial charge in [-0.3, -0.25) is 9.69 Å². The topological polar surface area (TPSA) is 70.1 Å². The van der Waals surface area contributed by atoms with Gasteiger partial charge in [0, 0.05) is 43.3 Å².